The Kier molecular flexibility index (Phi) is 5.27. The number of sulfone groups is 1. The molecule has 0 spiro atoms. The van der Waals surface area contributed by atoms with E-state index in [0.29, 0.717) is 17.1 Å². The Balaban J connectivity index is 2.49. The van der Waals surface area contributed by atoms with E-state index in [-0.39, 0.29) is 9.80 Å². The topological polar surface area (TPSA) is 76.4 Å². The Hall–Kier alpha value is -2.78. The van der Waals surface area contributed by atoms with Gasteiger partial charge in [-0.15, -0.1) is 0 Å². The minimum Gasteiger partial charge on any atom is -0.493 e. The third-order valence-corrected chi connectivity index (χ3v) is 5.12. The molecule has 0 aliphatic carbocycles. The second kappa shape index (κ2) is 7.20. The molecule has 0 amide bonds. The molecular formula is C18H17NO4S. The third kappa shape index (κ3) is 3.58. The smallest absolute Gasteiger partial charge is 0.216 e. The van der Waals surface area contributed by atoms with Crippen molar-refractivity contribution < 1.29 is 17.9 Å². The predicted octanol–water partition coefficient (Wildman–Crippen LogP) is 3.35. The number of rotatable bonds is 5. The number of hydrogen-bond donors (Lipinski definition) is 0. The minimum absolute atomic E-state index is 0.0846. The molecule has 0 aliphatic heterocycles. The molecule has 0 atom stereocenters. The van der Waals surface area contributed by atoms with E-state index in [2.05, 4.69) is 0 Å². The van der Waals surface area contributed by atoms with E-state index < -0.39 is 9.84 Å². The number of ether oxygens (including phenoxy) is 2. The highest BCUT2D eigenvalue weighted by molar-refractivity contribution is 7.95. The largest absolute Gasteiger partial charge is 0.493 e. The number of methoxy groups -OCH3 is 2. The average molecular weight is 343 g/mol. The number of allylic oxidation sites excluding steroid dienone is 1. The van der Waals surface area contributed by atoms with Gasteiger partial charge in [0.15, 0.2) is 11.5 Å². The van der Waals surface area contributed by atoms with Gasteiger partial charge in [-0.1, -0.05) is 23.8 Å². The van der Waals surface area contributed by atoms with Crippen molar-refractivity contribution in [1.82, 2.24) is 0 Å². The van der Waals surface area contributed by atoms with Gasteiger partial charge in [0.25, 0.3) is 0 Å². The Bertz CT molecular complexity index is 907. The summed E-state index contributed by atoms with van der Waals surface area (Å²) in [6.45, 7) is 1.86. The van der Waals surface area contributed by atoms with Crippen LogP contribution in [0, 0.1) is 18.3 Å². The summed E-state index contributed by atoms with van der Waals surface area (Å²) in [6.07, 6.45) is 1.32. The van der Waals surface area contributed by atoms with Gasteiger partial charge >= 0.3 is 0 Å². The number of benzene rings is 2. The molecule has 0 unspecified atom stereocenters. The van der Waals surface area contributed by atoms with Crippen LogP contribution in [0.1, 0.15) is 11.1 Å². The second-order valence-electron chi connectivity index (χ2n) is 5.05. The lowest BCUT2D eigenvalue weighted by Gasteiger charge is -2.08. The SMILES string of the molecule is COc1ccc(C=C(C#N)S(=O)(=O)c2ccc(C)cc2)cc1OC. The molecule has 0 radical (unpaired) electrons. The summed E-state index contributed by atoms with van der Waals surface area (Å²) in [4.78, 5) is -0.250. The molecule has 0 N–H and O–H groups in total. The van der Waals surface area contributed by atoms with Crippen LogP contribution in [0.15, 0.2) is 52.3 Å². The predicted molar refractivity (Wildman–Crippen MR) is 91.5 cm³/mol. The van der Waals surface area contributed by atoms with Gasteiger partial charge in [-0.3, -0.25) is 0 Å². The van der Waals surface area contributed by atoms with Crippen molar-refractivity contribution in [1.29, 1.82) is 5.26 Å². The van der Waals surface area contributed by atoms with Crippen LogP contribution in [0.5, 0.6) is 11.5 Å². The van der Waals surface area contributed by atoms with E-state index in [1.165, 1.54) is 32.4 Å². The van der Waals surface area contributed by atoms with Gasteiger partial charge in [0, 0.05) is 0 Å². The van der Waals surface area contributed by atoms with Gasteiger partial charge in [0.1, 0.15) is 11.0 Å². The van der Waals surface area contributed by atoms with Gasteiger partial charge in [0.2, 0.25) is 9.84 Å². The Morgan fingerprint density at radius 1 is 1.04 bits per heavy atom. The molecule has 0 aromatic heterocycles. The maximum Gasteiger partial charge on any atom is 0.216 e. The molecule has 0 fully saturated rings. The molecule has 2 aromatic rings. The van der Waals surface area contributed by atoms with Crippen LogP contribution in [-0.2, 0) is 9.84 Å². The van der Waals surface area contributed by atoms with Crippen LogP contribution in [0.4, 0.5) is 0 Å². The molecule has 124 valence electrons. The van der Waals surface area contributed by atoms with Crippen LogP contribution in [0.3, 0.4) is 0 Å². The number of nitriles is 1. The van der Waals surface area contributed by atoms with Crippen LogP contribution < -0.4 is 9.47 Å². The van der Waals surface area contributed by atoms with Gasteiger partial charge < -0.3 is 9.47 Å². The Labute approximate surface area is 141 Å². The fourth-order valence-electron chi connectivity index (χ4n) is 2.11. The highest BCUT2D eigenvalue weighted by Crippen LogP contribution is 2.29. The Morgan fingerprint density at radius 3 is 2.21 bits per heavy atom. The zero-order valence-electron chi connectivity index (χ0n) is 13.6. The quantitative estimate of drug-likeness (QED) is 0.778. The van der Waals surface area contributed by atoms with Gasteiger partial charge in [-0.2, -0.15) is 5.26 Å². The summed E-state index contributed by atoms with van der Waals surface area (Å²) < 4.78 is 35.6. The summed E-state index contributed by atoms with van der Waals surface area (Å²) in [6, 6.07) is 13.1. The standard InChI is InChI=1S/C18H17NO4S/c1-13-4-7-15(8-5-13)24(20,21)16(12-19)10-14-6-9-17(22-2)18(11-14)23-3/h4-11H,1-3H3. The number of nitrogens with zero attached hydrogens (tertiary/aromatic N) is 1. The Morgan fingerprint density at radius 2 is 1.67 bits per heavy atom. The molecule has 0 saturated heterocycles. The third-order valence-electron chi connectivity index (χ3n) is 3.44. The molecular weight excluding hydrogens is 326 g/mol. The highest BCUT2D eigenvalue weighted by atomic mass is 32.2. The molecule has 2 aromatic carbocycles. The summed E-state index contributed by atoms with van der Waals surface area (Å²) >= 11 is 0. The zero-order chi connectivity index (χ0) is 17.7. The monoisotopic (exact) mass is 343 g/mol. The van der Waals surface area contributed by atoms with Crippen LogP contribution >= 0.6 is 0 Å². The average Bonchev–Trinajstić information content (AvgIpc) is 2.59. The van der Waals surface area contributed by atoms with E-state index in [9.17, 15) is 13.7 Å². The van der Waals surface area contributed by atoms with Gasteiger partial charge in [-0.05, 0) is 42.8 Å². The van der Waals surface area contributed by atoms with Crippen LogP contribution in [0.25, 0.3) is 6.08 Å². The van der Waals surface area contributed by atoms with Crippen LogP contribution in [-0.4, -0.2) is 22.6 Å². The summed E-state index contributed by atoms with van der Waals surface area (Å²) in [5, 5.41) is 9.31. The van der Waals surface area contributed by atoms with E-state index in [1.54, 1.807) is 36.4 Å². The zero-order valence-corrected chi connectivity index (χ0v) is 14.4. The maximum absolute atomic E-state index is 12.6. The molecule has 0 bridgehead atoms. The molecule has 0 aliphatic rings. The molecule has 5 nitrogen and oxygen atoms in total. The highest BCUT2D eigenvalue weighted by Gasteiger charge is 2.20. The lowest BCUT2D eigenvalue weighted by Crippen LogP contribution is -2.03. The normalized spacial score (nSPS) is 11.7. The van der Waals surface area contributed by atoms with Crippen molar-refractivity contribution in [2.45, 2.75) is 11.8 Å². The lowest BCUT2D eigenvalue weighted by molar-refractivity contribution is 0.355. The number of hydrogen-bond acceptors (Lipinski definition) is 5. The van der Waals surface area contributed by atoms with Crippen molar-refractivity contribution >= 4 is 15.9 Å². The number of aryl methyl sites for hydroxylation is 1. The summed E-state index contributed by atoms with van der Waals surface area (Å²) in [5.41, 5.74) is 1.47. The minimum atomic E-state index is -3.87. The first kappa shape index (κ1) is 17.6. The fourth-order valence-corrected chi connectivity index (χ4v) is 3.27. The van der Waals surface area contributed by atoms with E-state index in [1.807, 2.05) is 6.92 Å². The van der Waals surface area contributed by atoms with Crippen molar-refractivity contribution in [3.8, 4) is 17.6 Å². The molecule has 0 heterocycles. The first-order valence-corrected chi connectivity index (χ1v) is 8.56. The molecule has 24 heavy (non-hydrogen) atoms. The van der Waals surface area contributed by atoms with Gasteiger partial charge in [0.05, 0.1) is 19.1 Å². The van der Waals surface area contributed by atoms with Gasteiger partial charge in [-0.25, -0.2) is 8.42 Å². The van der Waals surface area contributed by atoms with Crippen molar-refractivity contribution in [2.24, 2.45) is 0 Å². The molecule has 6 heteroatoms. The summed E-state index contributed by atoms with van der Waals surface area (Å²) in [7, 11) is -0.878. The van der Waals surface area contributed by atoms with Crippen molar-refractivity contribution in [2.75, 3.05) is 14.2 Å². The molecule has 2 rings (SSSR count). The van der Waals surface area contributed by atoms with E-state index in [4.69, 9.17) is 9.47 Å². The lowest BCUT2D eigenvalue weighted by atomic mass is 10.2. The van der Waals surface area contributed by atoms with Crippen LogP contribution in [0.2, 0.25) is 0 Å². The van der Waals surface area contributed by atoms with E-state index >= 15 is 0 Å². The fraction of sp³-hybridized carbons (Fsp3) is 0.167. The first-order valence-electron chi connectivity index (χ1n) is 7.08. The van der Waals surface area contributed by atoms with Crippen molar-refractivity contribution in [3.63, 3.8) is 0 Å². The first-order chi connectivity index (χ1) is 11.4. The summed E-state index contributed by atoms with van der Waals surface area (Å²) in [5.74, 6) is 0.978. The maximum atomic E-state index is 12.6. The molecule has 0 saturated carbocycles. The van der Waals surface area contributed by atoms with Crippen molar-refractivity contribution in [3.05, 3.63) is 58.5 Å². The second-order valence-corrected chi connectivity index (χ2v) is 6.97. The van der Waals surface area contributed by atoms with E-state index in [0.717, 1.165) is 5.56 Å².